The number of hydrogen-bond donors (Lipinski definition) is 3. The van der Waals surface area contributed by atoms with E-state index in [0.717, 1.165) is 10.7 Å². The lowest BCUT2D eigenvalue weighted by molar-refractivity contribution is -0.141. The molecule has 8 nitrogen and oxygen atoms in total. The second-order valence-corrected chi connectivity index (χ2v) is 11.8. The maximum absolute atomic E-state index is 13.6. The van der Waals surface area contributed by atoms with Gasteiger partial charge in [0.25, 0.3) is 18.2 Å². The summed E-state index contributed by atoms with van der Waals surface area (Å²) in [6.07, 6.45) is -1.74. The fourth-order valence-electron chi connectivity index (χ4n) is 3.98. The molecule has 0 saturated carbocycles. The number of pyridine rings is 1. The van der Waals surface area contributed by atoms with Crippen molar-refractivity contribution in [2.45, 2.75) is 26.8 Å². The van der Waals surface area contributed by atoms with E-state index in [1.807, 2.05) is 0 Å². The Morgan fingerprint density at radius 3 is 2.11 bits per heavy atom. The first kappa shape index (κ1) is 35.7. The number of alkyl halides is 5. The first-order valence-corrected chi connectivity index (χ1v) is 14.5. The molecule has 3 amide bonds. The van der Waals surface area contributed by atoms with Crippen molar-refractivity contribution in [3.8, 4) is 5.88 Å². The zero-order valence-electron chi connectivity index (χ0n) is 24.0. The van der Waals surface area contributed by atoms with Gasteiger partial charge in [0.05, 0.1) is 33.3 Å². The van der Waals surface area contributed by atoms with Gasteiger partial charge in [0.1, 0.15) is 25.6 Å². The molecule has 3 N–H and O–H groups in total. The molecule has 1 aromatic heterocycles. The van der Waals surface area contributed by atoms with Gasteiger partial charge in [-0.05, 0) is 48.0 Å². The second kappa shape index (κ2) is 15.5. The largest absolute Gasteiger partial charge is 0.471 e. The molecule has 1 heterocycles. The van der Waals surface area contributed by atoms with Gasteiger partial charge in [-0.25, -0.2) is 13.8 Å². The molecule has 242 valence electrons. The van der Waals surface area contributed by atoms with Crippen molar-refractivity contribution in [1.29, 1.82) is 0 Å². The topological polar surface area (TPSA) is 109 Å². The van der Waals surface area contributed by atoms with Gasteiger partial charge in [-0.1, -0.05) is 47.4 Å². The highest BCUT2D eigenvalue weighted by molar-refractivity contribution is 9.10. The van der Waals surface area contributed by atoms with Gasteiger partial charge in [0.2, 0.25) is 11.8 Å². The average molecular weight is 720 g/mol. The monoisotopic (exact) mass is 718 g/mol. The normalized spacial score (nSPS) is 11.7. The van der Waals surface area contributed by atoms with Crippen LogP contribution in [0.2, 0.25) is 5.02 Å². The van der Waals surface area contributed by atoms with Gasteiger partial charge >= 0.3 is 0 Å². The van der Waals surface area contributed by atoms with E-state index in [0.29, 0.717) is 11.3 Å². The fourth-order valence-corrected chi connectivity index (χ4v) is 4.45. The van der Waals surface area contributed by atoms with Crippen LogP contribution in [0.1, 0.15) is 40.1 Å². The highest BCUT2D eigenvalue weighted by atomic mass is 79.9. The van der Waals surface area contributed by atoms with Crippen molar-refractivity contribution in [2.24, 2.45) is 10.8 Å². The number of nitrogens with zero attached hydrogens (tertiary/aromatic N) is 1. The quantitative estimate of drug-likeness (QED) is 0.153. The second-order valence-electron chi connectivity index (χ2n) is 10.5. The molecule has 0 spiro atoms. The molecule has 3 rings (SSSR count). The van der Waals surface area contributed by atoms with Crippen LogP contribution in [0, 0.1) is 10.8 Å². The molecule has 45 heavy (non-hydrogen) atoms. The summed E-state index contributed by atoms with van der Waals surface area (Å²) >= 11 is 9.52. The van der Waals surface area contributed by atoms with Gasteiger partial charge in [-0.2, -0.15) is 0 Å². The van der Waals surface area contributed by atoms with E-state index in [4.69, 9.17) is 16.3 Å². The third kappa shape index (κ3) is 8.69. The van der Waals surface area contributed by atoms with Gasteiger partial charge in [-0.15, -0.1) is 0 Å². The van der Waals surface area contributed by atoms with E-state index >= 15 is 0 Å². The zero-order valence-corrected chi connectivity index (χ0v) is 26.4. The number of halogens is 7. The van der Waals surface area contributed by atoms with Crippen LogP contribution in [-0.4, -0.2) is 55.8 Å². The summed E-state index contributed by atoms with van der Waals surface area (Å²) in [6, 6.07) is 12.0. The number of hydrogen-bond acceptors (Lipinski definition) is 5. The van der Waals surface area contributed by atoms with Crippen LogP contribution in [-0.2, 0) is 11.3 Å². The van der Waals surface area contributed by atoms with E-state index in [2.05, 4.69) is 36.9 Å². The average Bonchev–Trinajstić information content (AvgIpc) is 3.01. The van der Waals surface area contributed by atoms with Crippen molar-refractivity contribution < 1.29 is 41.1 Å². The Balaban J connectivity index is 1.80. The first-order valence-electron chi connectivity index (χ1n) is 13.3. The minimum atomic E-state index is -2.84. The van der Waals surface area contributed by atoms with Crippen molar-refractivity contribution in [3.63, 3.8) is 0 Å². The van der Waals surface area contributed by atoms with Crippen LogP contribution >= 0.6 is 27.5 Å². The molecule has 0 fully saturated rings. The highest BCUT2D eigenvalue weighted by Gasteiger charge is 2.50. The molecule has 0 unspecified atom stereocenters. The number of aromatic nitrogens is 1. The van der Waals surface area contributed by atoms with Gasteiger partial charge in [0, 0.05) is 16.7 Å². The Bertz CT molecular complexity index is 1520. The summed E-state index contributed by atoms with van der Waals surface area (Å²) in [6.45, 7) is -2.86. The van der Waals surface area contributed by atoms with Crippen molar-refractivity contribution in [2.75, 3.05) is 37.3 Å². The van der Waals surface area contributed by atoms with Crippen molar-refractivity contribution in [3.05, 3.63) is 80.9 Å². The SMILES string of the molecule is CC(C)(C(=O)NCc1ccc(Cl)c(C(=O)Nc2cnc(OCC(F)F)c(C(=O)Nc3ccc(Br)cc3)c2)c1)C(CF)(CF)CF. The zero-order chi connectivity index (χ0) is 33.4. The van der Waals surface area contributed by atoms with Gasteiger partial charge in [0.15, 0.2) is 6.61 Å². The van der Waals surface area contributed by atoms with Crippen LogP contribution in [0.25, 0.3) is 0 Å². The third-order valence-electron chi connectivity index (χ3n) is 7.19. The molecule has 3 aromatic rings. The molecule has 0 atom stereocenters. The van der Waals surface area contributed by atoms with Crippen molar-refractivity contribution in [1.82, 2.24) is 10.3 Å². The summed E-state index contributed by atoms with van der Waals surface area (Å²) in [5, 5.41) is 7.66. The first-order chi connectivity index (χ1) is 21.3. The molecular formula is C30H29BrClF5N4O4. The number of rotatable bonds is 14. The maximum Gasteiger partial charge on any atom is 0.272 e. The molecule has 0 aliphatic heterocycles. The Morgan fingerprint density at radius 1 is 0.911 bits per heavy atom. The molecule has 0 saturated heterocycles. The maximum atomic E-state index is 13.6. The summed E-state index contributed by atoms with van der Waals surface area (Å²) in [4.78, 5) is 42.9. The number of anilines is 2. The Labute approximate surface area is 269 Å². The predicted octanol–water partition coefficient (Wildman–Crippen LogP) is 7.18. The smallest absolute Gasteiger partial charge is 0.272 e. The minimum absolute atomic E-state index is 0.00174. The highest BCUT2D eigenvalue weighted by Crippen LogP contribution is 2.41. The lowest BCUT2D eigenvalue weighted by Gasteiger charge is -2.39. The van der Waals surface area contributed by atoms with Crippen molar-refractivity contribution >= 4 is 56.6 Å². The predicted molar refractivity (Wildman–Crippen MR) is 163 cm³/mol. The van der Waals surface area contributed by atoms with E-state index in [9.17, 15) is 36.3 Å². The van der Waals surface area contributed by atoms with Crippen LogP contribution < -0.4 is 20.7 Å². The van der Waals surface area contributed by atoms with Crippen LogP contribution in [0.15, 0.2) is 59.2 Å². The molecule has 0 aliphatic rings. The molecule has 0 aliphatic carbocycles. The summed E-state index contributed by atoms with van der Waals surface area (Å²) in [7, 11) is 0. The number of nitrogens with one attached hydrogen (secondary N) is 3. The fraction of sp³-hybridized carbons (Fsp3) is 0.333. The summed E-state index contributed by atoms with van der Waals surface area (Å²) in [5.41, 5.74) is -3.41. The molecule has 0 bridgehead atoms. The molecule has 15 heteroatoms. The molecule has 2 aromatic carbocycles. The Hall–Kier alpha value is -3.78. The lowest BCUT2D eigenvalue weighted by atomic mass is 9.67. The van der Waals surface area contributed by atoms with E-state index in [1.54, 1.807) is 24.3 Å². The minimum Gasteiger partial charge on any atom is -0.471 e. The van der Waals surface area contributed by atoms with E-state index in [-0.39, 0.29) is 34.3 Å². The number of carbonyl (C=O) groups is 3. The van der Waals surface area contributed by atoms with Crippen LogP contribution in [0.4, 0.5) is 33.3 Å². The summed E-state index contributed by atoms with van der Waals surface area (Å²) in [5.74, 6) is -2.69. The number of amides is 3. The molecular weight excluding hydrogens is 691 g/mol. The van der Waals surface area contributed by atoms with E-state index < -0.39 is 61.6 Å². The summed E-state index contributed by atoms with van der Waals surface area (Å²) < 4.78 is 72.1. The number of benzene rings is 2. The lowest BCUT2D eigenvalue weighted by Crippen LogP contribution is -2.52. The standard InChI is InChI=1S/C30H29BrClF5N4O4/c1-29(2,30(14-33,15-34)16-35)28(44)39-11-17-3-8-23(32)21(9-17)25(42)41-20-10-22(27(38-12-20)45-13-24(36)37)26(43)40-19-6-4-18(31)5-7-19/h3-10,12,24H,11,13-16H2,1-2H3,(H,39,44)(H,40,43)(H,41,42). The van der Waals surface area contributed by atoms with Crippen LogP contribution in [0.5, 0.6) is 5.88 Å². The molecule has 0 radical (unpaired) electrons. The van der Waals surface area contributed by atoms with Gasteiger partial charge < -0.3 is 20.7 Å². The van der Waals surface area contributed by atoms with E-state index in [1.165, 1.54) is 38.1 Å². The third-order valence-corrected chi connectivity index (χ3v) is 8.05. The van der Waals surface area contributed by atoms with Gasteiger partial charge in [-0.3, -0.25) is 27.6 Å². The number of carbonyl (C=O) groups excluding carboxylic acids is 3. The Morgan fingerprint density at radius 2 is 1.51 bits per heavy atom. The Kier molecular flexibility index (Phi) is 12.3. The number of ether oxygens (including phenoxy) is 1. The van der Waals surface area contributed by atoms with Crippen LogP contribution in [0.3, 0.4) is 0 Å².